The number of nitro benzene ring substituents is 1. The Labute approximate surface area is 184 Å². The maximum atomic E-state index is 12.6. The van der Waals surface area contributed by atoms with E-state index >= 15 is 0 Å². The number of aromatic nitrogens is 1. The van der Waals surface area contributed by atoms with Crippen LogP contribution in [0.1, 0.15) is 15.9 Å². The highest BCUT2D eigenvalue weighted by molar-refractivity contribution is 7.14. The summed E-state index contributed by atoms with van der Waals surface area (Å²) in [5.41, 5.74) is 3.27. The molecule has 9 heteroatoms. The molecular weight excluding hydrogens is 414 g/mol. The molecule has 1 fully saturated rings. The molecule has 3 aromatic rings. The molecule has 8 nitrogen and oxygen atoms in total. The minimum absolute atomic E-state index is 0.0517. The second-order valence-corrected chi connectivity index (χ2v) is 8.25. The predicted molar refractivity (Wildman–Crippen MR) is 122 cm³/mol. The van der Waals surface area contributed by atoms with E-state index in [0.29, 0.717) is 17.8 Å². The largest absolute Gasteiger partial charge is 0.347 e. The van der Waals surface area contributed by atoms with Crippen LogP contribution in [0.25, 0.3) is 11.3 Å². The molecule has 0 bridgehead atoms. The van der Waals surface area contributed by atoms with Gasteiger partial charge < -0.3 is 15.1 Å². The highest BCUT2D eigenvalue weighted by Gasteiger charge is 2.18. The summed E-state index contributed by atoms with van der Waals surface area (Å²) in [6.45, 7) is 3.78. The van der Waals surface area contributed by atoms with Crippen molar-refractivity contribution in [1.82, 2.24) is 15.2 Å². The molecule has 4 rings (SSSR count). The summed E-state index contributed by atoms with van der Waals surface area (Å²) in [5, 5.41) is 17.0. The van der Waals surface area contributed by atoms with Crippen molar-refractivity contribution >= 4 is 28.1 Å². The lowest BCUT2D eigenvalue weighted by Crippen LogP contribution is -2.46. The van der Waals surface area contributed by atoms with E-state index in [0.717, 1.165) is 42.4 Å². The average molecular weight is 438 g/mol. The van der Waals surface area contributed by atoms with Crippen LogP contribution >= 0.6 is 11.3 Å². The number of rotatable bonds is 6. The van der Waals surface area contributed by atoms with Crippen molar-refractivity contribution in [3.63, 3.8) is 0 Å². The molecule has 2 aromatic carbocycles. The minimum Gasteiger partial charge on any atom is -0.347 e. The van der Waals surface area contributed by atoms with E-state index < -0.39 is 4.92 Å². The van der Waals surface area contributed by atoms with Crippen LogP contribution in [0.15, 0.2) is 53.9 Å². The number of carbonyl (C=O) groups is 1. The Balaban J connectivity index is 1.42. The maximum Gasteiger partial charge on any atom is 0.270 e. The number of nitrogens with one attached hydrogen (secondary N) is 1. The smallest absolute Gasteiger partial charge is 0.270 e. The number of non-ortho nitro benzene ring substituents is 1. The molecule has 1 aromatic heterocycles. The molecule has 0 atom stereocenters. The molecular formula is C22H23N5O3S. The van der Waals surface area contributed by atoms with Gasteiger partial charge in [-0.1, -0.05) is 24.3 Å². The summed E-state index contributed by atoms with van der Waals surface area (Å²) in [6, 6.07) is 14.2. The quantitative estimate of drug-likeness (QED) is 0.469. The number of benzene rings is 2. The number of piperazine rings is 1. The van der Waals surface area contributed by atoms with Gasteiger partial charge in [0.1, 0.15) is 0 Å². The average Bonchev–Trinajstić information content (AvgIpc) is 3.30. The number of hydrogen-bond donors (Lipinski definition) is 1. The molecule has 0 unspecified atom stereocenters. The second kappa shape index (κ2) is 9.23. The highest BCUT2D eigenvalue weighted by atomic mass is 32.1. The van der Waals surface area contributed by atoms with Gasteiger partial charge in [-0.3, -0.25) is 14.9 Å². The van der Waals surface area contributed by atoms with Gasteiger partial charge in [0.05, 0.1) is 10.6 Å². The van der Waals surface area contributed by atoms with E-state index in [-0.39, 0.29) is 11.6 Å². The fraction of sp³-hybridized carbons (Fsp3) is 0.273. The van der Waals surface area contributed by atoms with E-state index in [9.17, 15) is 14.9 Å². The topological polar surface area (TPSA) is 91.6 Å². The number of hydrogen-bond acceptors (Lipinski definition) is 7. The Morgan fingerprint density at radius 2 is 1.97 bits per heavy atom. The standard InChI is InChI=1S/C22H23N5O3S/c1-25(22-24-20(15-31-22)18-3-2-4-19(13-18)27(29)30)14-16-5-7-17(8-6-16)21(28)26-11-9-23-10-12-26/h2-8,13,15,23H,9-12,14H2,1H3. The number of thiazole rings is 1. The Morgan fingerprint density at radius 1 is 1.23 bits per heavy atom. The van der Waals surface area contributed by atoms with E-state index in [2.05, 4.69) is 10.3 Å². The van der Waals surface area contributed by atoms with Crippen molar-refractivity contribution in [2.75, 3.05) is 38.1 Å². The number of nitro groups is 1. The normalized spacial score (nSPS) is 13.8. The molecule has 0 radical (unpaired) electrons. The van der Waals surface area contributed by atoms with Gasteiger partial charge in [-0.25, -0.2) is 4.98 Å². The Bertz CT molecular complexity index is 1080. The van der Waals surface area contributed by atoms with E-state index in [1.807, 2.05) is 52.6 Å². The molecule has 1 amide bonds. The fourth-order valence-electron chi connectivity index (χ4n) is 3.50. The third-order valence-electron chi connectivity index (χ3n) is 5.20. The molecule has 31 heavy (non-hydrogen) atoms. The Hall–Kier alpha value is -3.30. The van der Waals surface area contributed by atoms with Crippen LogP contribution in [0.3, 0.4) is 0 Å². The summed E-state index contributed by atoms with van der Waals surface area (Å²) in [5.74, 6) is 0.0722. The molecule has 0 saturated carbocycles. The molecule has 1 N–H and O–H groups in total. The van der Waals surface area contributed by atoms with Crippen molar-refractivity contribution in [1.29, 1.82) is 0 Å². The first-order chi connectivity index (χ1) is 15.0. The van der Waals surface area contributed by atoms with Gasteiger partial charge in [0.15, 0.2) is 5.13 Å². The first-order valence-corrected chi connectivity index (χ1v) is 10.9. The number of carbonyl (C=O) groups excluding carboxylic acids is 1. The van der Waals surface area contributed by atoms with E-state index in [1.165, 1.54) is 23.5 Å². The van der Waals surface area contributed by atoms with Crippen molar-refractivity contribution in [2.24, 2.45) is 0 Å². The second-order valence-electron chi connectivity index (χ2n) is 7.42. The molecule has 0 aliphatic carbocycles. The van der Waals surface area contributed by atoms with Gasteiger partial charge in [0, 0.05) is 68.4 Å². The van der Waals surface area contributed by atoms with E-state index in [1.54, 1.807) is 6.07 Å². The highest BCUT2D eigenvalue weighted by Crippen LogP contribution is 2.29. The number of nitrogens with zero attached hydrogens (tertiary/aromatic N) is 4. The van der Waals surface area contributed by atoms with Crippen LogP contribution in [0.4, 0.5) is 10.8 Å². The van der Waals surface area contributed by atoms with Gasteiger partial charge >= 0.3 is 0 Å². The summed E-state index contributed by atoms with van der Waals surface area (Å²) in [6.07, 6.45) is 0. The number of amides is 1. The first kappa shape index (κ1) is 21.0. The van der Waals surface area contributed by atoms with Crippen LogP contribution in [-0.2, 0) is 6.54 Å². The lowest BCUT2D eigenvalue weighted by Gasteiger charge is -2.27. The van der Waals surface area contributed by atoms with Crippen molar-refractivity contribution in [3.8, 4) is 11.3 Å². The Kier molecular flexibility index (Phi) is 6.24. The van der Waals surface area contributed by atoms with Crippen LogP contribution < -0.4 is 10.2 Å². The van der Waals surface area contributed by atoms with Crippen LogP contribution in [0.2, 0.25) is 0 Å². The van der Waals surface area contributed by atoms with Gasteiger partial charge in [0.2, 0.25) is 0 Å². The number of anilines is 1. The van der Waals surface area contributed by atoms with E-state index in [4.69, 9.17) is 0 Å². The molecule has 1 saturated heterocycles. The maximum absolute atomic E-state index is 12.6. The van der Waals surface area contributed by atoms with Gasteiger partial charge in [-0.05, 0) is 17.7 Å². The zero-order valence-corrected chi connectivity index (χ0v) is 18.0. The molecule has 160 valence electrons. The van der Waals surface area contributed by atoms with Gasteiger partial charge in [-0.2, -0.15) is 0 Å². The lowest BCUT2D eigenvalue weighted by atomic mass is 10.1. The summed E-state index contributed by atoms with van der Waals surface area (Å²) in [4.78, 5) is 31.7. The molecule has 1 aliphatic heterocycles. The fourth-order valence-corrected chi connectivity index (χ4v) is 4.30. The summed E-state index contributed by atoms with van der Waals surface area (Å²) < 4.78 is 0. The lowest BCUT2D eigenvalue weighted by molar-refractivity contribution is -0.384. The van der Waals surface area contributed by atoms with Crippen LogP contribution in [-0.4, -0.2) is 53.9 Å². The monoisotopic (exact) mass is 437 g/mol. The minimum atomic E-state index is -0.403. The first-order valence-electron chi connectivity index (χ1n) is 10.0. The predicted octanol–water partition coefficient (Wildman–Crippen LogP) is 3.40. The van der Waals surface area contributed by atoms with Crippen LogP contribution in [0, 0.1) is 10.1 Å². The summed E-state index contributed by atoms with van der Waals surface area (Å²) >= 11 is 1.49. The zero-order chi connectivity index (χ0) is 21.8. The van der Waals surface area contributed by atoms with Crippen molar-refractivity contribution in [3.05, 3.63) is 75.2 Å². The van der Waals surface area contributed by atoms with Crippen LogP contribution in [0.5, 0.6) is 0 Å². The van der Waals surface area contributed by atoms with Gasteiger partial charge in [0.25, 0.3) is 11.6 Å². The zero-order valence-electron chi connectivity index (χ0n) is 17.2. The SMILES string of the molecule is CN(Cc1ccc(C(=O)N2CCNCC2)cc1)c1nc(-c2cccc([N+](=O)[O-])c2)cs1. The molecule has 1 aliphatic rings. The van der Waals surface area contributed by atoms with Crippen molar-refractivity contribution in [2.45, 2.75) is 6.54 Å². The third kappa shape index (κ3) is 4.89. The Morgan fingerprint density at radius 3 is 2.68 bits per heavy atom. The summed E-state index contributed by atoms with van der Waals surface area (Å²) in [7, 11) is 1.95. The van der Waals surface area contributed by atoms with Gasteiger partial charge in [-0.15, -0.1) is 11.3 Å². The molecule has 2 heterocycles. The van der Waals surface area contributed by atoms with Crippen molar-refractivity contribution < 1.29 is 9.72 Å². The molecule has 0 spiro atoms. The third-order valence-corrected chi connectivity index (χ3v) is 6.15.